The number of carbonyl (C=O) groups excluding carboxylic acids is 1. The third-order valence-electron chi connectivity index (χ3n) is 3.67. The maximum absolute atomic E-state index is 12.4. The maximum Gasteiger partial charge on any atom is 0.252 e. The Hall–Kier alpha value is -2.10. The van der Waals surface area contributed by atoms with Crippen molar-refractivity contribution in [2.75, 3.05) is 5.73 Å². The van der Waals surface area contributed by atoms with Gasteiger partial charge in [0, 0.05) is 11.4 Å². The normalized spacial score (nSPS) is 16.3. The Kier molecular flexibility index (Phi) is 2.85. The number of carbonyl (C=O) groups is 1. The summed E-state index contributed by atoms with van der Waals surface area (Å²) in [5.41, 5.74) is 7.14. The van der Waals surface area contributed by atoms with Crippen LogP contribution in [0, 0.1) is 5.92 Å². The lowest BCUT2D eigenvalue weighted by Crippen LogP contribution is -2.34. The molecular formula is C15H17N3O. The number of nitrogen functional groups attached to an aromatic ring is 1. The van der Waals surface area contributed by atoms with Crippen molar-refractivity contribution in [2.24, 2.45) is 5.92 Å². The van der Waals surface area contributed by atoms with Crippen molar-refractivity contribution in [3.05, 3.63) is 35.9 Å². The Balaban J connectivity index is 1.96. The highest BCUT2D eigenvalue weighted by molar-refractivity contribution is 6.07. The molecule has 0 radical (unpaired) electrons. The number of pyridine rings is 1. The molecule has 4 heteroatoms. The largest absolute Gasteiger partial charge is 0.384 e. The number of hydrogen-bond acceptors (Lipinski definition) is 3. The van der Waals surface area contributed by atoms with Gasteiger partial charge in [-0.25, -0.2) is 4.98 Å². The number of rotatable bonds is 3. The third-order valence-corrected chi connectivity index (χ3v) is 3.67. The smallest absolute Gasteiger partial charge is 0.252 e. The highest BCUT2D eigenvalue weighted by Gasteiger charge is 2.29. The molecule has 1 fully saturated rings. The lowest BCUT2D eigenvalue weighted by atomic mass is 10.1. The first-order valence-corrected chi connectivity index (χ1v) is 6.61. The topological polar surface area (TPSA) is 68.0 Å². The summed E-state index contributed by atoms with van der Waals surface area (Å²) in [6.45, 7) is 2.06. The second kappa shape index (κ2) is 4.53. The van der Waals surface area contributed by atoms with Crippen LogP contribution in [0.3, 0.4) is 0 Å². The Labute approximate surface area is 112 Å². The standard InChI is InChI=1S/C15H17N3O/c1-9(10-6-7-10)17-15(19)12-8-14(16)18-13-5-3-2-4-11(12)13/h2-5,8-10H,6-7H2,1H3,(H2,16,18)(H,17,19). The molecule has 98 valence electrons. The summed E-state index contributed by atoms with van der Waals surface area (Å²) in [5, 5.41) is 3.90. The first-order valence-electron chi connectivity index (χ1n) is 6.61. The molecule has 1 atom stereocenters. The van der Waals surface area contributed by atoms with E-state index in [2.05, 4.69) is 17.2 Å². The van der Waals surface area contributed by atoms with Gasteiger partial charge in [0.1, 0.15) is 5.82 Å². The SMILES string of the molecule is CC(NC(=O)c1cc(N)nc2ccccc12)C1CC1. The van der Waals surface area contributed by atoms with Crippen LogP contribution in [0.15, 0.2) is 30.3 Å². The van der Waals surface area contributed by atoms with Gasteiger partial charge in [0.25, 0.3) is 5.91 Å². The number of nitrogens with one attached hydrogen (secondary N) is 1. The van der Waals surface area contributed by atoms with Gasteiger partial charge in [0.2, 0.25) is 0 Å². The fraction of sp³-hybridized carbons (Fsp3) is 0.333. The lowest BCUT2D eigenvalue weighted by Gasteiger charge is -2.14. The van der Waals surface area contributed by atoms with Crippen molar-refractivity contribution in [1.82, 2.24) is 10.3 Å². The van der Waals surface area contributed by atoms with E-state index in [-0.39, 0.29) is 11.9 Å². The molecule has 1 saturated carbocycles. The van der Waals surface area contributed by atoms with Crippen molar-refractivity contribution < 1.29 is 4.79 Å². The van der Waals surface area contributed by atoms with Crippen molar-refractivity contribution in [3.8, 4) is 0 Å². The van der Waals surface area contributed by atoms with Crippen LogP contribution >= 0.6 is 0 Å². The molecule has 0 spiro atoms. The van der Waals surface area contributed by atoms with E-state index in [1.54, 1.807) is 6.07 Å². The molecule has 19 heavy (non-hydrogen) atoms. The molecule has 1 aromatic heterocycles. The first kappa shape index (κ1) is 12.0. The zero-order chi connectivity index (χ0) is 13.4. The summed E-state index contributed by atoms with van der Waals surface area (Å²) in [6, 6.07) is 9.44. The predicted molar refractivity (Wildman–Crippen MR) is 75.8 cm³/mol. The number of fused-ring (bicyclic) bond motifs is 1. The molecular weight excluding hydrogens is 238 g/mol. The predicted octanol–water partition coefficient (Wildman–Crippen LogP) is 2.35. The number of para-hydroxylation sites is 1. The molecule has 1 aromatic carbocycles. The minimum Gasteiger partial charge on any atom is -0.384 e. The second-order valence-corrected chi connectivity index (χ2v) is 5.21. The molecule has 0 aliphatic heterocycles. The number of nitrogens with two attached hydrogens (primary N) is 1. The number of aromatic nitrogens is 1. The maximum atomic E-state index is 12.4. The van der Waals surface area contributed by atoms with Crippen LogP contribution < -0.4 is 11.1 Å². The minimum atomic E-state index is -0.0651. The van der Waals surface area contributed by atoms with Gasteiger partial charge < -0.3 is 11.1 Å². The average Bonchev–Trinajstić information content (AvgIpc) is 3.21. The number of amides is 1. The monoisotopic (exact) mass is 255 g/mol. The Bertz CT molecular complexity index is 634. The molecule has 3 N–H and O–H groups in total. The van der Waals surface area contributed by atoms with E-state index < -0.39 is 0 Å². The van der Waals surface area contributed by atoms with Crippen molar-refractivity contribution >= 4 is 22.6 Å². The van der Waals surface area contributed by atoms with Gasteiger partial charge in [0.05, 0.1) is 11.1 Å². The van der Waals surface area contributed by atoms with E-state index in [4.69, 9.17) is 5.73 Å². The van der Waals surface area contributed by atoms with E-state index in [1.807, 2.05) is 24.3 Å². The Morgan fingerprint density at radius 1 is 1.42 bits per heavy atom. The number of benzene rings is 1. The van der Waals surface area contributed by atoms with Crippen LogP contribution in [-0.2, 0) is 0 Å². The molecule has 3 rings (SSSR count). The molecule has 2 aromatic rings. The summed E-state index contributed by atoms with van der Waals surface area (Å²) in [6.07, 6.45) is 2.42. The van der Waals surface area contributed by atoms with Crippen molar-refractivity contribution in [3.63, 3.8) is 0 Å². The van der Waals surface area contributed by atoms with Gasteiger partial charge in [-0.05, 0) is 37.8 Å². The van der Waals surface area contributed by atoms with Gasteiger partial charge in [0.15, 0.2) is 0 Å². The lowest BCUT2D eigenvalue weighted by molar-refractivity contribution is 0.0937. The zero-order valence-electron chi connectivity index (χ0n) is 10.9. The number of nitrogens with zero attached hydrogens (tertiary/aromatic N) is 1. The first-order chi connectivity index (χ1) is 9.15. The van der Waals surface area contributed by atoms with Gasteiger partial charge in [-0.2, -0.15) is 0 Å². The summed E-state index contributed by atoms with van der Waals surface area (Å²) < 4.78 is 0. The van der Waals surface area contributed by atoms with Crippen molar-refractivity contribution in [2.45, 2.75) is 25.8 Å². The molecule has 4 nitrogen and oxygen atoms in total. The van der Waals surface area contributed by atoms with Crippen LogP contribution in [0.25, 0.3) is 10.9 Å². The van der Waals surface area contributed by atoms with Crippen LogP contribution in [-0.4, -0.2) is 16.9 Å². The van der Waals surface area contributed by atoms with Crippen molar-refractivity contribution in [1.29, 1.82) is 0 Å². The molecule has 0 saturated heterocycles. The number of anilines is 1. The van der Waals surface area contributed by atoms with Crippen LogP contribution in [0.1, 0.15) is 30.1 Å². The molecule has 1 unspecified atom stereocenters. The van der Waals surface area contributed by atoms with Gasteiger partial charge in [-0.15, -0.1) is 0 Å². The summed E-state index contributed by atoms with van der Waals surface area (Å²) in [5.74, 6) is 0.946. The average molecular weight is 255 g/mol. The van der Waals surface area contributed by atoms with Gasteiger partial charge >= 0.3 is 0 Å². The van der Waals surface area contributed by atoms with Crippen LogP contribution in [0.5, 0.6) is 0 Å². The summed E-state index contributed by atoms with van der Waals surface area (Å²) in [4.78, 5) is 16.6. The quantitative estimate of drug-likeness (QED) is 0.884. The van der Waals surface area contributed by atoms with E-state index in [1.165, 1.54) is 12.8 Å². The highest BCUT2D eigenvalue weighted by Crippen LogP contribution is 2.32. The molecule has 1 aliphatic rings. The molecule has 1 aliphatic carbocycles. The zero-order valence-corrected chi connectivity index (χ0v) is 10.9. The summed E-state index contributed by atoms with van der Waals surface area (Å²) >= 11 is 0. The highest BCUT2D eigenvalue weighted by atomic mass is 16.1. The Morgan fingerprint density at radius 2 is 2.16 bits per heavy atom. The Morgan fingerprint density at radius 3 is 2.89 bits per heavy atom. The fourth-order valence-electron chi connectivity index (χ4n) is 2.38. The van der Waals surface area contributed by atoms with E-state index >= 15 is 0 Å². The van der Waals surface area contributed by atoms with Gasteiger partial charge in [-0.1, -0.05) is 18.2 Å². The summed E-state index contributed by atoms with van der Waals surface area (Å²) in [7, 11) is 0. The van der Waals surface area contributed by atoms with E-state index in [0.717, 1.165) is 10.9 Å². The van der Waals surface area contributed by atoms with Crippen LogP contribution in [0.2, 0.25) is 0 Å². The van der Waals surface area contributed by atoms with Gasteiger partial charge in [-0.3, -0.25) is 4.79 Å². The fourth-order valence-corrected chi connectivity index (χ4v) is 2.38. The molecule has 1 heterocycles. The van der Waals surface area contributed by atoms with Crippen LogP contribution in [0.4, 0.5) is 5.82 Å². The molecule has 0 bridgehead atoms. The third kappa shape index (κ3) is 2.38. The van der Waals surface area contributed by atoms with E-state index in [9.17, 15) is 4.79 Å². The number of hydrogen-bond donors (Lipinski definition) is 2. The molecule has 1 amide bonds. The van der Waals surface area contributed by atoms with E-state index in [0.29, 0.717) is 17.3 Å². The minimum absolute atomic E-state index is 0.0651. The second-order valence-electron chi connectivity index (χ2n) is 5.21.